The standard InChI is InChI=1S/C15H22N4/c1-10-5-2-3-8-19(10)15-12(14(16)17)9-11-6-4-7-13(11)18-15/h9-10H,2-8H2,1H3,(H3,16,17). The Labute approximate surface area is 114 Å². The molecule has 3 rings (SSSR count). The summed E-state index contributed by atoms with van der Waals surface area (Å²) in [5.74, 6) is 1.09. The molecule has 4 nitrogen and oxygen atoms in total. The zero-order valence-electron chi connectivity index (χ0n) is 11.6. The van der Waals surface area contributed by atoms with Gasteiger partial charge in [0, 0.05) is 18.3 Å². The number of piperidine rings is 1. The van der Waals surface area contributed by atoms with Gasteiger partial charge in [-0.05, 0) is 57.1 Å². The number of rotatable bonds is 2. The van der Waals surface area contributed by atoms with E-state index >= 15 is 0 Å². The predicted molar refractivity (Wildman–Crippen MR) is 77.9 cm³/mol. The lowest BCUT2D eigenvalue weighted by atomic mass is 10.0. The minimum absolute atomic E-state index is 0.148. The molecule has 0 aromatic carbocycles. The third-order valence-corrected chi connectivity index (χ3v) is 4.40. The molecule has 1 aromatic rings. The highest BCUT2D eigenvalue weighted by molar-refractivity contribution is 6.00. The molecular weight excluding hydrogens is 236 g/mol. The van der Waals surface area contributed by atoms with E-state index in [9.17, 15) is 0 Å². The van der Waals surface area contributed by atoms with Crippen LogP contribution in [0, 0.1) is 5.41 Å². The van der Waals surface area contributed by atoms with Gasteiger partial charge in [0.25, 0.3) is 0 Å². The van der Waals surface area contributed by atoms with Crippen molar-refractivity contribution in [1.29, 1.82) is 5.41 Å². The van der Waals surface area contributed by atoms with Gasteiger partial charge in [-0.1, -0.05) is 0 Å². The molecule has 3 N–H and O–H groups in total. The Hall–Kier alpha value is -1.58. The van der Waals surface area contributed by atoms with Crippen molar-refractivity contribution < 1.29 is 0 Å². The highest BCUT2D eigenvalue weighted by atomic mass is 15.2. The van der Waals surface area contributed by atoms with Gasteiger partial charge in [0.2, 0.25) is 0 Å². The van der Waals surface area contributed by atoms with Crippen molar-refractivity contribution >= 4 is 11.7 Å². The summed E-state index contributed by atoms with van der Waals surface area (Å²) >= 11 is 0. The fourth-order valence-electron chi connectivity index (χ4n) is 3.29. The minimum atomic E-state index is 0.148. The van der Waals surface area contributed by atoms with Gasteiger partial charge >= 0.3 is 0 Å². The Bertz CT molecular complexity index is 509. The molecule has 102 valence electrons. The maximum atomic E-state index is 7.83. The van der Waals surface area contributed by atoms with Gasteiger partial charge in [-0.3, -0.25) is 5.41 Å². The Balaban J connectivity index is 2.05. The van der Waals surface area contributed by atoms with Crippen LogP contribution in [0.15, 0.2) is 6.07 Å². The van der Waals surface area contributed by atoms with Crippen LogP contribution in [0.2, 0.25) is 0 Å². The largest absolute Gasteiger partial charge is 0.384 e. The lowest BCUT2D eigenvalue weighted by molar-refractivity contribution is 0.480. The second kappa shape index (κ2) is 4.83. The number of amidine groups is 1. The van der Waals surface area contributed by atoms with E-state index in [1.54, 1.807) is 0 Å². The summed E-state index contributed by atoms with van der Waals surface area (Å²) in [6.07, 6.45) is 7.04. The van der Waals surface area contributed by atoms with E-state index in [2.05, 4.69) is 17.9 Å². The number of fused-ring (bicyclic) bond motifs is 1. The number of nitrogen functional groups attached to an aromatic ring is 1. The highest BCUT2D eigenvalue weighted by Crippen LogP contribution is 2.30. The smallest absolute Gasteiger partial charge is 0.140 e. The molecule has 1 saturated heterocycles. The number of aromatic nitrogens is 1. The van der Waals surface area contributed by atoms with E-state index in [-0.39, 0.29) is 5.84 Å². The molecule has 2 aliphatic rings. The van der Waals surface area contributed by atoms with Crippen molar-refractivity contribution in [1.82, 2.24) is 4.98 Å². The van der Waals surface area contributed by atoms with Gasteiger partial charge in [-0.2, -0.15) is 0 Å². The molecule has 1 atom stereocenters. The number of nitrogens with two attached hydrogens (primary N) is 1. The Kier molecular flexibility index (Phi) is 3.17. The molecule has 0 bridgehead atoms. The Morgan fingerprint density at radius 2 is 2.21 bits per heavy atom. The second-order valence-electron chi connectivity index (χ2n) is 5.77. The summed E-state index contributed by atoms with van der Waals surface area (Å²) in [4.78, 5) is 7.20. The highest BCUT2D eigenvalue weighted by Gasteiger charge is 2.25. The number of pyridine rings is 1. The number of hydrogen-bond acceptors (Lipinski definition) is 3. The van der Waals surface area contributed by atoms with Gasteiger partial charge in [0.05, 0.1) is 5.56 Å². The first-order chi connectivity index (χ1) is 9.16. The van der Waals surface area contributed by atoms with Crippen molar-refractivity contribution in [2.75, 3.05) is 11.4 Å². The maximum absolute atomic E-state index is 7.83. The molecule has 4 heteroatoms. The quantitative estimate of drug-likeness (QED) is 0.631. The van der Waals surface area contributed by atoms with E-state index in [4.69, 9.17) is 16.1 Å². The summed E-state index contributed by atoms with van der Waals surface area (Å²) < 4.78 is 0. The molecular formula is C15H22N4. The first-order valence-corrected chi connectivity index (χ1v) is 7.30. The van der Waals surface area contributed by atoms with Crippen LogP contribution < -0.4 is 10.6 Å². The topological polar surface area (TPSA) is 66.0 Å². The van der Waals surface area contributed by atoms with E-state index in [1.165, 1.54) is 36.9 Å². The average molecular weight is 258 g/mol. The summed E-state index contributed by atoms with van der Waals surface area (Å²) in [6.45, 7) is 3.28. The molecule has 0 spiro atoms. The van der Waals surface area contributed by atoms with Gasteiger partial charge in [-0.15, -0.1) is 0 Å². The third kappa shape index (κ3) is 2.20. The summed E-state index contributed by atoms with van der Waals surface area (Å²) in [5.41, 5.74) is 9.12. The molecule has 1 fully saturated rings. The molecule has 1 aromatic heterocycles. The minimum Gasteiger partial charge on any atom is -0.384 e. The molecule has 19 heavy (non-hydrogen) atoms. The number of hydrogen-bond donors (Lipinski definition) is 2. The molecule has 2 heterocycles. The van der Waals surface area contributed by atoms with Crippen molar-refractivity contribution in [2.24, 2.45) is 5.73 Å². The zero-order valence-corrected chi connectivity index (χ0v) is 11.6. The summed E-state index contributed by atoms with van der Waals surface area (Å²) in [7, 11) is 0. The van der Waals surface area contributed by atoms with Crippen molar-refractivity contribution in [3.63, 3.8) is 0 Å². The predicted octanol–water partition coefficient (Wildman–Crippen LogP) is 2.23. The first kappa shape index (κ1) is 12.5. The molecule has 0 saturated carbocycles. The van der Waals surface area contributed by atoms with Crippen molar-refractivity contribution in [3.8, 4) is 0 Å². The lowest BCUT2D eigenvalue weighted by Gasteiger charge is -2.35. The van der Waals surface area contributed by atoms with Crippen LogP contribution in [0.1, 0.15) is 49.4 Å². The average Bonchev–Trinajstić information content (AvgIpc) is 2.85. The van der Waals surface area contributed by atoms with Gasteiger partial charge < -0.3 is 10.6 Å². The number of anilines is 1. The fourth-order valence-corrected chi connectivity index (χ4v) is 3.29. The van der Waals surface area contributed by atoms with Crippen LogP contribution >= 0.6 is 0 Å². The Morgan fingerprint density at radius 3 is 2.95 bits per heavy atom. The van der Waals surface area contributed by atoms with Crippen LogP contribution in [-0.4, -0.2) is 23.4 Å². The molecule has 1 unspecified atom stereocenters. The van der Waals surface area contributed by atoms with Gasteiger partial charge in [0.15, 0.2) is 0 Å². The van der Waals surface area contributed by atoms with E-state index in [0.29, 0.717) is 6.04 Å². The van der Waals surface area contributed by atoms with Crippen molar-refractivity contribution in [2.45, 2.75) is 51.5 Å². The van der Waals surface area contributed by atoms with E-state index in [1.807, 2.05) is 0 Å². The summed E-state index contributed by atoms with van der Waals surface area (Å²) in [5, 5.41) is 7.83. The van der Waals surface area contributed by atoms with Crippen LogP contribution in [0.5, 0.6) is 0 Å². The number of aryl methyl sites for hydroxylation is 2. The van der Waals surface area contributed by atoms with Gasteiger partial charge in [-0.25, -0.2) is 4.98 Å². The van der Waals surface area contributed by atoms with Gasteiger partial charge in [0.1, 0.15) is 11.7 Å². The normalized spacial score (nSPS) is 22.4. The molecule has 0 amide bonds. The van der Waals surface area contributed by atoms with Crippen LogP contribution in [0.3, 0.4) is 0 Å². The first-order valence-electron chi connectivity index (χ1n) is 7.30. The van der Waals surface area contributed by atoms with Crippen LogP contribution in [0.4, 0.5) is 5.82 Å². The SMILES string of the molecule is CC1CCCCN1c1nc2c(cc1C(=N)N)CCC2. The maximum Gasteiger partial charge on any atom is 0.140 e. The van der Waals surface area contributed by atoms with Crippen molar-refractivity contribution in [3.05, 3.63) is 22.9 Å². The van der Waals surface area contributed by atoms with E-state index < -0.39 is 0 Å². The third-order valence-electron chi connectivity index (χ3n) is 4.40. The van der Waals surface area contributed by atoms with E-state index in [0.717, 1.165) is 30.8 Å². The number of nitrogens with one attached hydrogen (secondary N) is 1. The van der Waals surface area contributed by atoms with Crippen LogP contribution in [0.25, 0.3) is 0 Å². The van der Waals surface area contributed by atoms with Crippen LogP contribution in [-0.2, 0) is 12.8 Å². The number of nitrogens with zero attached hydrogens (tertiary/aromatic N) is 2. The fraction of sp³-hybridized carbons (Fsp3) is 0.600. The molecule has 1 aliphatic carbocycles. The summed E-state index contributed by atoms with van der Waals surface area (Å²) in [6, 6.07) is 2.60. The lowest BCUT2D eigenvalue weighted by Crippen LogP contribution is -2.39. The second-order valence-corrected chi connectivity index (χ2v) is 5.77. The Morgan fingerprint density at radius 1 is 1.37 bits per heavy atom. The molecule has 0 radical (unpaired) electrons. The molecule has 1 aliphatic heterocycles. The zero-order chi connectivity index (χ0) is 13.4. The monoisotopic (exact) mass is 258 g/mol.